The van der Waals surface area contributed by atoms with E-state index >= 15 is 0 Å². The molecule has 1 heterocycles. The Labute approximate surface area is 154 Å². The molecular formula is C19H28N3O2S+. The van der Waals surface area contributed by atoms with Gasteiger partial charge in [0.05, 0.1) is 19.3 Å². The lowest BCUT2D eigenvalue weighted by Crippen LogP contribution is -3.09. The number of carbonyl (C=O) groups is 1. The van der Waals surface area contributed by atoms with E-state index in [1.54, 1.807) is 11.3 Å². The molecule has 0 radical (unpaired) electrons. The lowest BCUT2D eigenvalue weighted by Gasteiger charge is -2.13. The smallest absolute Gasteiger partial charge is 0.275 e. The predicted octanol–water partition coefficient (Wildman–Crippen LogP) is 2.06. The quantitative estimate of drug-likeness (QED) is 0.756. The monoisotopic (exact) mass is 362 g/mol. The van der Waals surface area contributed by atoms with Crippen molar-refractivity contribution >= 4 is 17.2 Å². The first-order valence-corrected chi connectivity index (χ1v) is 9.50. The van der Waals surface area contributed by atoms with Crippen LogP contribution in [0.25, 0.3) is 11.3 Å². The highest BCUT2D eigenvalue weighted by molar-refractivity contribution is 7.12. The summed E-state index contributed by atoms with van der Waals surface area (Å²) >= 11 is 1.70. The summed E-state index contributed by atoms with van der Waals surface area (Å²) < 4.78 is 5.49. The van der Waals surface area contributed by atoms with E-state index in [2.05, 4.69) is 12.2 Å². The Morgan fingerprint density at radius 3 is 2.60 bits per heavy atom. The van der Waals surface area contributed by atoms with Gasteiger partial charge >= 0.3 is 0 Å². The summed E-state index contributed by atoms with van der Waals surface area (Å²) in [6, 6.07) is 8.22. The summed E-state index contributed by atoms with van der Waals surface area (Å²) in [5.74, 6) is 0.951. The van der Waals surface area contributed by atoms with E-state index in [4.69, 9.17) is 9.72 Å². The Balaban J connectivity index is 2.02. The van der Waals surface area contributed by atoms with Gasteiger partial charge in [-0.2, -0.15) is 0 Å². The molecule has 0 saturated carbocycles. The van der Waals surface area contributed by atoms with Crippen molar-refractivity contribution in [1.29, 1.82) is 0 Å². The van der Waals surface area contributed by atoms with Crippen LogP contribution in [0, 0.1) is 6.92 Å². The van der Waals surface area contributed by atoms with Gasteiger partial charge in [-0.1, -0.05) is 0 Å². The van der Waals surface area contributed by atoms with Crippen molar-refractivity contribution in [2.24, 2.45) is 0 Å². The SMILES string of the molecule is CCOc1ccc(-c2nc(C[NH+](C)CC(=O)NC(C)C)sc2C)cc1. The number of hydrogen-bond donors (Lipinski definition) is 2. The molecule has 1 aromatic carbocycles. The van der Waals surface area contributed by atoms with Crippen molar-refractivity contribution in [3.63, 3.8) is 0 Å². The Morgan fingerprint density at radius 1 is 1.32 bits per heavy atom. The number of carbonyl (C=O) groups excluding carboxylic acids is 1. The Morgan fingerprint density at radius 2 is 2.00 bits per heavy atom. The molecule has 1 atom stereocenters. The molecule has 2 aromatic rings. The van der Waals surface area contributed by atoms with Gasteiger partial charge in [-0.15, -0.1) is 11.3 Å². The number of hydrogen-bond acceptors (Lipinski definition) is 4. The number of nitrogens with one attached hydrogen (secondary N) is 2. The first-order valence-electron chi connectivity index (χ1n) is 8.69. The molecule has 0 bridgehead atoms. The number of benzene rings is 1. The first kappa shape index (κ1) is 19.4. The summed E-state index contributed by atoms with van der Waals surface area (Å²) in [6.07, 6.45) is 0. The normalized spacial score (nSPS) is 12.2. The molecule has 5 nitrogen and oxygen atoms in total. The van der Waals surface area contributed by atoms with Crippen molar-refractivity contribution in [1.82, 2.24) is 10.3 Å². The zero-order chi connectivity index (χ0) is 18.4. The third kappa shape index (κ3) is 5.83. The molecule has 1 unspecified atom stereocenters. The van der Waals surface area contributed by atoms with Crippen molar-refractivity contribution in [2.45, 2.75) is 40.3 Å². The zero-order valence-electron chi connectivity index (χ0n) is 15.7. The number of ether oxygens (including phenoxy) is 1. The topological polar surface area (TPSA) is 55.7 Å². The Hall–Kier alpha value is -1.92. The minimum atomic E-state index is 0.0764. The van der Waals surface area contributed by atoms with E-state index in [1.165, 1.54) is 4.88 Å². The van der Waals surface area contributed by atoms with Crippen molar-refractivity contribution in [3.05, 3.63) is 34.2 Å². The van der Waals surface area contributed by atoms with E-state index in [0.29, 0.717) is 13.2 Å². The van der Waals surface area contributed by atoms with Gasteiger partial charge in [0.25, 0.3) is 5.91 Å². The van der Waals surface area contributed by atoms with Crippen LogP contribution in [-0.2, 0) is 11.3 Å². The van der Waals surface area contributed by atoms with Crippen LogP contribution in [0.15, 0.2) is 24.3 Å². The fraction of sp³-hybridized carbons (Fsp3) is 0.474. The van der Waals surface area contributed by atoms with E-state index in [9.17, 15) is 4.79 Å². The Kier molecular flexibility index (Phi) is 6.96. The maximum absolute atomic E-state index is 11.9. The molecule has 1 aromatic heterocycles. The van der Waals surface area contributed by atoms with Crippen LogP contribution in [0.3, 0.4) is 0 Å². The molecule has 136 valence electrons. The number of likely N-dealkylation sites (N-methyl/N-ethyl adjacent to an activating group) is 1. The van der Waals surface area contributed by atoms with Gasteiger partial charge in [-0.25, -0.2) is 4.98 Å². The van der Waals surface area contributed by atoms with Gasteiger partial charge in [-0.3, -0.25) is 4.79 Å². The second-order valence-corrected chi connectivity index (χ2v) is 7.79. The molecule has 0 aliphatic carbocycles. The van der Waals surface area contributed by atoms with Crippen LogP contribution in [0.4, 0.5) is 0 Å². The third-order valence-corrected chi connectivity index (χ3v) is 4.62. The summed E-state index contributed by atoms with van der Waals surface area (Å²) in [6.45, 7) is 9.88. The van der Waals surface area contributed by atoms with Crippen molar-refractivity contribution in [3.8, 4) is 17.0 Å². The second kappa shape index (κ2) is 8.97. The van der Waals surface area contributed by atoms with Crippen LogP contribution in [0.2, 0.25) is 0 Å². The average Bonchev–Trinajstić information content (AvgIpc) is 2.87. The minimum Gasteiger partial charge on any atom is -0.494 e. The number of nitrogens with zero attached hydrogens (tertiary/aromatic N) is 1. The van der Waals surface area contributed by atoms with Crippen molar-refractivity contribution in [2.75, 3.05) is 20.2 Å². The Bertz CT molecular complexity index is 695. The van der Waals surface area contributed by atoms with Crippen LogP contribution < -0.4 is 15.0 Å². The number of thiazole rings is 1. The van der Waals surface area contributed by atoms with E-state index in [1.807, 2.05) is 52.1 Å². The molecule has 0 aliphatic rings. The molecule has 0 spiro atoms. The zero-order valence-corrected chi connectivity index (χ0v) is 16.5. The van der Waals surface area contributed by atoms with E-state index < -0.39 is 0 Å². The van der Waals surface area contributed by atoms with Crippen LogP contribution in [0.1, 0.15) is 30.7 Å². The van der Waals surface area contributed by atoms with Gasteiger partial charge in [0, 0.05) is 16.5 Å². The maximum Gasteiger partial charge on any atom is 0.275 e. The third-order valence-electron chi connectivity index (χ3n) is 3.64. The molecule has 0 saturated heterocycles. The number of rotatable bonds is 8. The predicted molar refractivity (Wildman–Crippen MR) is 102 cm³/mol. The average molecular weight is 363 g/mol. The van der Waals surface area contributed by atoms with E-state index in [-0.39, 0.29) is 11.9 Å². The second-order valence-electron chi connectivity index (χ2n) is 6.50. The summed E-state index contributed by atoms with van der Waals surface area (Å²) in [4.78, 5) is 19.0. The molecule has 2 N–H and O–H groups in total. The van der Waals surface area contributed by atoms with Crippen molar-refractivity contribution < 1.29 is 14.4 Å². The van der Waals surface area contributed by atoms with Gasteiger partial charge in [0.15, 0.2) is 6.54 Å². The van der Waals surface area contributed by atoms with Gasteiger partial charge in [0.1, 0.15) is 17.3 Å². The van der Waals surface area contributed by atoms with Gasteiger partial charge < -0.3 is 15.0 Å². The maximum atomic E-state index is 11.9. The molecule has 6 heteroatoms. The van der Waals surface area contributed by atoms with Crippen LogP contribution >= 0.6 is 11.3 Å². The highest BCUT2D eigenvalue weighted by Gasteiger charge is 2.16. The lowest BCUT2D eigenvalue weighted by atomic mass is 10.1. The fourth-order valence-electron chi connectivity index (χ4n) is 2.64. The highest BCUT2D eigenvalue weighted by Crippen LogP contribution is 2.28. The largest absolute Gasteiger partial charge is 0.494 e. The molecular weight excluding hydrogens is 334 g/mol. The fourth-order valence-corrected chi connectivity index (χ4v) is 3.71. The molecule has 2 rings (SSSR count). The minimum absolute atomic E-state index is 0.0764. The van der Waals surface area contributed by atoms with Crippen LogP contribution in [0.5, 0.6) is 5.75 Å². The highest BCUT2D eigenvalue weighted by atomic mass is 32.1. The number of aryl methyl sites for hydroxylation is 1. The number of aromatic nitrogens is 1. The van der Waals surface area contributed by atoms with Gasteiger partial charge in [0.2, 0.25) is 0 Å². The molecule has 0 aliphatic heterocycles. The standard InChI is InChI=1S/C19H27N3O2S/c1-6-24-16-9-7-15(8-10-16)19-14(4)25-18(21-19)12-22(5)11-17(23)20-13(2)3/h7-10,13H,6,11-12H2,1-5H3,(H,20,23)/p+1. The lowest BCUT2D eigenvalue weighted by molar-refractivity contribution is -0.885. The van der Waals surface area contributed by atoms with E-state index in [0.717, 1.165) is 33.5 Å². The van der Waals surface area contributed by atoms with Crippen LogP contribution in [-0.4, -0.2) is 37.1 Å². The summed E-state index contributed by atoms with van der Waals surface area (Å²) in [5.41, 5.74) is 2.11. The summed E-state index contributed by atoms with van der Waals surface area (Å²) in [7, 11) is 2.02. The molecule has 25 heavy (non-hydrogen) atoms. The van der Waals surface area contributed by atoms with Gasteiger partial charge in [-0.05, 0) is 52.0 Å². The summed E-state index contributed by atoms with van der Waals surface area (Å²) in [5, 5.41) is 3.98. The molecule has 0 fully saturated rings. The number of amides is 1. The molecule has 1 amide bonds. The first-order chi connectivity index (χ1) is 11.9. The number of quaternary nitrogens is 1.